The quantitative estimate of drug-likeness (QED) is 0.532. The molecule has 0 bridgehead atoms. The van der Waals surface area contributed by atoms with Gasteiger partial charge in [-0.25, -0.2) is 23.4 Å². The standard InChI is InChI=1S/C18H19N5O2S3/c1-3-23(4-2)28(24,25)14-8-9-16(21-11-14)27-18-13-19-12-17(22-18)26-15-7-5-6-10-20-15/h5-13H,3-4H2,1-2H3. The van der Waals surface area contributed by atoms with Gasteiger partial charge in [-0.1, -0.05) is 19.9 Å². The van der Waals surface area contributed by atoms with Gasteiger partial charge in [-0.05, 0) is 47.8 Å². The number of nitrogens with zero attached hydrogens (tertiary/aromatic N) is 5. The molecule has 3 aromatic rings. The predicted octanol–water partition coefficient (Wildman–Crippen LogP) is 3.60. The third-order valence-electron chi connectivity index (χ3n) is 3.70. The monoisotopic (exact) mass is 433 g/mol. The molecule has 0 unspecified atom stereocenters. The van der Waals surface area contributed by atoms with Crippen molar-refractivity contribution in [2.24, 2.45) is 0 Å². The van der Waals surface area contributed by atoms with E-state index in [9.17, 15) is 8.42 Å². The minimum atomic E-state index is -3.51. The van der Waals surface area contributed by atoms with Crippen LogP contribution in [0.4, 0.5) is 0 Å². The zero-order valence-corrected chi connectivity index (χ0v) is 17.8. The Bertz CT molecular complexity index is 1010. The maximum atomic E-state index is 12.5. The maximum absolute atomic E-state index is 12.5. The molecule has 0 N–H and O–H groups in total. The highest BCUT2D eigenvalue weighted by atomic mass is 32.2. The molecule has 0 aromatic carbocycles. The molecule has 0 saturated heterocycles. The smallest absolute Gasteiger partial charge is 0.244 e. The van der Waals surface area contributed by atoms with Gasteiger partial charge in [-0.2, -0.15) is 4.31 Å². The summed E-state index contributed by atoms with van der Waals surface area (Å²) in [4.78, 5) is 17.5. The number of rotatable bonds is 8. The Morgan fingerprint density at radius 3 is 2.07 bits per heavy atom. The predicted molar refractivity (Wildman–Crippen MR) is 109 cm³/mol. The zero-order chi connectivity index (χ0) is 20.0. The first kappa shape index (κ1) is 20.7. The lowest BCUT2D eigenvalue weighted by atomic mass is 10.5. The molecule has 0 fully saturated rings. The lowest BCUT2D eigenvalue weighted by Crippen LogP contribution is -2.30. The molecule has 0 radical (unpaired) electrons. The SMILES string of the molecule is CCN(CC)S(=O)(=O)c1ccc(Sc2cncc(Sc3ccccn3)n2)nc1. The van der Waals surface area contributed by atoms with Crippen LogP contribution in [0.15, 0.2) is 80.1 Å². The fourth-order valence-corrected chi connectivity index (χ4v) is 5.25. The molecule has 0 amide bonds. The molecule has 0 aliphatic carbocycles. The van der Waals surface area contributed by atoms with Crippen molar-refractivity contribution in [2.45, 2.75) is 38.8 Å². The minimum absolute atomic E-state index is 0.186. The summed E-state index contributed by atoms with van der Waals surface area (Å²) in [5, 5.41) is 2.88. The van der Waals surface area contributed by atoms with Crippen LogP contribution in [-0.4, -0.2) is 45.7 Å². The number of hydrogen-bond acceptors (Lipinski definition) is 8. The van der Waals surface area contributed by atoms with Crippen LogP contribution in [-0.2, 0) is 10.0 Å². The molecular formula is C18H19N5O2S3. The van der Waals surface area contributed by atoms with Crippen LogP contribution in [0.2, 0.25) is 0 Å². The van der Waals surface area contributed by atoms with Crippen LogP contribution in [0, 0.1) is 0 Å². The normalized spacial score (nSPS) is 11.7. The van der Waals surface area contributed by atoms with E-state index in [1.807, 2.05) is 32.0 Å². The highest BCUT2D eigenvalue weighted by molar-refractivity contribution is 7.99. The summed E-state index contributed by atoms with van der Waals surface area (Å²) in [6, 6.07) is 8.93. The van der Waals surface area contributed by atoms with Gasteiger partial charge in [0.15, 0.2) is 0 Å². The van der Waals surface area contributed by atoms with Gasteiger partial charge in [-0.3, -0.25) is 4.98 Å². The molecule has 10 heteroatoms. The van der Waals surface area contributed by atoms with Crippen molar-refractivity contribution in [3.05, 3.63) is 55.1 Å². The fourth-order valence-electron chi connectivity index (χ4n) is 2.34. The molecule has 3 aromatic heterocycles. The average Bonchev–Trinajstić information content (AvgIpc) is 2.70. The first-order valence-electron chi connectivity index (χ1n) is 8.58. The highest BCUT2D eigenvalue weighted by Gasteiger charge is 2.21. The maximum Gasteiger partial charge on any atom is 0.244 e. The average molecular weight is 434 g/mol. The number of hydrogen-bond donors (Lipinski definition) is 0. The van der Waals surface area contributed by atoms with Gasteiger partial charge in [0.25, 0.3) is 0 Å². The van der Waals surface area contributed by atoms with Crippen molar-refractivity contribution in [3.63, 3.8) is 0 Å². The topological polar surface area (TPSA) is 88.9 Å². The summed E-state index contributed by atoms with van der Waals surface area (Å²) in [7, 11) is -3.51. The van der Waals surface area contributed by atoms with Gasteiger partial charge in [0.2, 0.25) is 10.0 Å². The number of sulfonamides is 1. The number of aromatic nitrogens is 4. The lowest BCUT2D eigenvalue weighted by molar-refractivity contribution is 0.445. The van der Waals surface area contributed by atoms with Crippen molar-refractivity contribution in [1.82, 2.24) is 24.2 Å². The summed E-state index contributed by atoms with van der Waals surface area (Å²) < 4.78 is 26.5. The third-order valence-corrected chi connectivity index (χ3v) is 7.45. The Morgan fingerprint density at radius 1 is 0.857 bits per heavy atom. The van der Waals surface area contributed by atoms with E-state index in [1.165, 1.54) is 34.0 Å². The van der Waals surface area contributed by atoms with Crippen molar-refractivity contribution < 1.29 is 8.42 Å². The first-order chi connectivity index (χ1) is 13.5. The molecule has 0 aliphatic heterocycles. The molecule has 0 saturated carbocycles. The van der Waals surface area contributed by atoms with E-state index in [0.29, 0.717) is 23.1 Å². The highest BCUT2D eigenvalue weighted by Crippen LogP contribution is 2.28. The third kappa shape index (κ3) is 5.07. The Morgan fingerprint density at radius 2 is 1.54 bits per heavy atom. The molecular weight excluding hydrogens is 414 g/mol. The van der Waals surface area contributed by atoms with Gasteiger partial charge in [0, 0.05) is 25.5 Å². The Labute approximate surface area is 173 Å². The summed E-state index contributed by atoms with van der Waals surface area (Å²) >= 11 is 2.75. The van der Waals surface area contributed by atoms with Crippen molar-refractivity contribution in [2.75, 3.05) is 13.1 Å². The van der Waals surface area contributed by atoms with E-state index < -0.39 is 10.0 Å². The van der Waals surface area contributed by atoms with E-state index in [0.717, 1.165) is 10.1 Å². The van der Waals surface area contributed by atoms with Crippen LogP contribution in [0.5, 0.6) is 0 Å². The molecule has 146 valence electrons. The van der Waals surface area contributed by atoms with Gasteiger partial charge < -0.3 is 0 Å². The second kappa shape index (κ2) is 9.46. The molecule has 7 nitrogen and oxygen atoms in total. The summed E-state index contributed by atoms with van der Waals surface area (Å²) in [6.45, 7) is 4.47. The fraction of sp³-hybridized carbons (Fsp3) is 0.222. The van der Waals surface area contributed by atoms with Crippen molar-refractivity contribution in [3.8, 4) is 0 Å². The van der Waals surface area contributed by atoms with Crippen LogP contribution in [0.3, 0.4) is 0 Å². The summed E-state index contributed by atoms with van der Waals surface area (Å²) in [6.07, 6.45) is 6.44. The second-order valence-electron chi connectivity index (χ2n) is 5.49. The van der Waals surface area contributed by atoms with E-state index in [-0.39, 0.29) is 4.90 Å². The largest absolute Gasteiger partial charge is 0.259 e. The molecule has 3 rings (SSSR count). The van der Waals surface area contributed by atoms with Crippen LogP contribution >= 0.6 is 23.5 Å². The molecule has 0 spiro atoms. The zero-order valence-electron chi connectivity index (χ0n) is 15.4. The van der Waals surface area contributed by atoms with Crippen LogP contribution < -0.4 is 0 Å². The van der Waals surface area contributed by atoms with Crippen molar-refractivity contribution in [1.29, 1.82) is 0 Å². The first-order valence-corrected chi connectivity index (χ1v) is 11.6. The van der Waals surface area contributed by atoms with Gasteiger partial charge in [-0.15, -0.1) is 0 Å². The Hall–Kier alpha value is -2.01. The molecule has 3 heterocycles. The summed E-state index contributed by atoms with van der Waals surface area (Å²) in [5.41, 5.74) is 0. The van der Waals surface area contributed by atoms with Crippen LogP contribution in [0.1, 0.15) is 13.8 Å². The van der Waals surface area contributed by atoms with E-state index in [2.05, 4.69) is 19.9 Å². The lowest BCUT2D eigenvalue weighted by Gasteiger charge is -2.18. The van der Waals surface area contributed by atoms with Gasteiger partial charge in [0.1, 0.15) is 25.0 Å². The minimum Gasteiger partial charge on any atom is -0.259 e. The molecule has 28 heavy (non-hydrogen) atoms. The Balaban J connectivity index is 1.73. The van der Waals surface area contributed by atoms with Crippen LogP contribution in [0.25, 0.3) is 0 Å². The van der Waals surface area contributed by atoms with Crippen molar-refractivity contribution >= 4 is 33.5 Å². The van der Waals surface area contributed by atoms with Gasteiger partial charge in [0.05, 0.1) is 12.4 Å². The number of pyridine rings is 2. The van der Waals surface area contributed by atoms with E-state index >= 15 is 0 Å². The van der Waals surface area contributed by atoms with Gasteiger partial charge >= 0.3 is 0 Å². The Kier molecular flexibility index (Phi) is 7.00. The van der Waals surface area contributed by atoms with E-state index in [1.54, 1.807) is 30.7 Å². The molecule has 0 aliphatic rings. The van der Waals surface area contributed by atoms with E-state index in [4.69, 9.17) is 0 Å². The second-order valence-corrected chi connectivity index (χ2v) is 9.51. The summed E-state index contributed by atoms with van der Waals surface area (Å²) in [5.74, 6) is 0. The molecule has 0 atom stereocenters.